The number of aliphatic hydroxyl groups is 1. The molecule has 0 atom stereocenters. The number of ketones is 1. The summed E-state index contributed by atoms with van der Waals surface area (Å²) in [4.78, 5) is 11.5. The van der Waals surface area contributed by atoms with Gasteiger partial charge in [-0.25, -0.2) is 0 Å². The maximum absolute atomic E-state index is 11.5. The van der Waals surface area contributed by atoms with E-state index in [2.05, 4.69) is 0 Å². The number of ether oxygens (including phenoxy) is 1. The molecule has 0 saturated heterocycles. The van der Waals surface area contributed by atoms with E-state index < -0.39 is 0 Å². The standard InChI is InChI=1S/C25H20O4/c1-16(26)13-21(27)19-14-20-23(15-22(19)28-2)29-25(18-11-7-4-8-12-18)24(20)17-9-5-3-6-10-17/h3-15,27H,1-2H3/b21-13-. The molecule has 0 aliphatic carbocycles. The van der Waals surface area contributed by atoms with E-state index in [-0.39, 0.29) is 11.5 Å². The molecule has 4 rings (SSSR count). The Balaban J connectivity index is 2.06. The first kappa shape index (κ1) is 18.6. The van der Waals surface area contributed by atoms with E-state index in [1.165, 1.54) is 20.1 Å². The number of rotatable bonds is 5. The summed E-state index contributed by atoms with van der Waals surface area (Å²) < 4.78 is 11.7. The number of allylic oxidation sites excluding steroid dienone is 1. The molecule has 29 heavy (non-hydrogen) atoms. The van der Waals surface area contributed by atoms with Crippen molar-refractivity contribution in [2.75, 3.05) is 7.11 Å². The third kappa shape index (κ3) is 3.52. The number of hydrogen-bond donors (Lipinski definition) is 1. The van der Waals surface area contributed by atoms with Crippen molar-refractivity contribution >= 4 is 22.5 Å². The lowest BCUT2D eigenvalue weighted by atomic mass is 9.97. The topological polar surface area (TPSA) is 59.7 Å². The lowest BCUT2D eigenvalue weighted by Crippen LogP contribution is -1.94. The normalized spacial score (nSPS) is 11.6. The largest absolute Gasteiger partial charge is 0.507 e. The van der Waals surface area contributed by atoms with Gasteiger partial charge in [0.25, 0.3) is 0 Å². The summed E-state index contributed by atoms with van der Waals surface area (Å²) in [6.45, 7) is 1.39. The minimum absolute atomic E-state index is 0.141. The number of fused-ring (bicyclic) bond motifs is 1. The van der Waals surface area contributed by atoms with Gasteiger partial charge in [0.15, 0.2) is 5.78 Å². The van der Waals surface area contributed by atoms with Crippen LogP contribution < -0.4 is 4.74 Å². The maximum atomic E-state index is 11.5. The summed E-state index contributed by atoms with van der Waals surface area (Å²) in [5.74, 6) is 0.782. The van der Waals surface area contributed by atoms with Crippen LogP contribution in [0.25, 0.3) is 39.2 Å². The van der Waals surface area contributed by atoms with Crippen LogP contribution in [0.5, 0.6) is 5.75 Å². The first-order valence-corrected chi connectivity index (χ1v) is 9.25. The summed E-state index contributed by atoms with van der Waals surface area (Å²) in [6.07, 6.45) is 1.18. The fraction of sp³-hybridized carbons (Fsp3) is 0.0800. The molecular weight excluding hydrogens is 364 g/mol. The molecule has 3 aromatic carbocycles. The predicted molar refractivity (Wildman–Crippen MR) is 115 cm³/mol. The van der Waals surface area contributed by atoms with Gasteiger partial charge in [-0.1, -0.05) is 60.7 Å². The van der Waals surface area contributed by atoms with Gasteiger partial charge >= 0.3 is 0 Å². The van der Waals surface area contributed by atoms with Gasteiger partial charge in [0.1, 0.15) is 22.9 Å². The lowest BCUT2D eigenvalue weighted by Gasteiger charge is -2.08. The monoisotopic (exact) mass is 384 g/mol. The van der Waals surface area contributed by atoms with Crippen molar-refractivity contribution in [2.24, 2.45) is 0 Å². The summed E-state index contributed by atoms with van der Waals surface area (Å²) >= 11 is 0. The highest BCUT2D eigenvalue weighted by Gasteiger charge is 2.21. The van der Waals surface area contributed by atoms with Gasteiger partial charge in [0.2, 0.25) is 0 Å². The zero-order valence-electron chi connectivity index (χ0n) is 16.2. The Morgan fingerprint density at radius 1 is 0.966 bits per heavy atom. The van der Waals surface area contributed by atoms with E-state index >= 15 is 0 Å². The van der Waals surface area contributed by atoms with Crippen molar-refractivity contribution in [3.63, 3.8) is 0 Å². The van der Waals surface area contributed by atoms with Crippen molar-refractivity contribution in [1.82, 2.24) is 0 Å². The second-order valence-corrected chi connectivity index (χ2v) is 6.73. The summed E-state index contributed by atoms with van der Waals surface area (Å²) in [5, 5.41) is 11.3. The van der Waals surface area contributed by atoms with Crippen LogP contribution in [-0.4, -0.2) is 18.0 Å². The van der Waals surface area contributed by atoms with Crippen molar-refractivity contribution in [2.45, 2.75) is 6.92 Å². The molecule has 0 saturated carbocycles. The first-order chi connectivity index (χ1) is 14.1. The van der Waals surface area contributed by atoms with E-state index in [0.29, 0.717) is 16.9 Å². The number of furan rings is 1. The molecular formula is C25H20O4. The van der Waals surface area contributed by atoms with E-state index in [1.807, 2.05) is 60.7 Å². The summed E-state index contributed by atoms with van der Waals surface area (Å²) in [5.41, 5.74) is 3.95. The average molecular weight is 384 g/mol. The molecule has 4 nitrogen and oxygen atoms in total. The minimum atomic E-state index is -0.245. The van der Waals surface area contributed by atoms with Crippen LogP contribution in [0.3, 0.4) is 0 Å². The molecule has 0 unspecified atom stereocenters. The molecule has 1 aromatic heterocycles. The van der Waals surface area contributed by atoms with E-state index in [0.717, 1.165) is 27.8 Å². The summed E-state index contributed by atoms with van der Waals surface area (Å²) in [7, 11) is 1.52. The quantitative estimate of drug-likeness (QED) is 0.326. The van der Waals surface area contributed by atoms with Gasteiger partial charge in [-0.2, -0.15) is 0 Å². The average Bonchev–Trinajstić information content (AvgIpc) is 3.12. The van der Waals surface area contributed by atoms with Gasteiger partial charge in [-0.05, 0) is 18.6 Å². The maximum Gasteiger partial charge on any atom is 0.156 e. The van der Waals surface area contributed by atoms with Crippen LogP contribution in [0.15, 0.2) is 83.3 Å². The minimum Gasteiger partial charge on any atom is -0.507 e. The van der Waals surface area contributed by atoms with E-state index in [9.17, 15) is 9.90 Å². The fourth-order valence-corrected chi connectivity index (χ4v) is 3.45. The number of carbonyl (C=O) groups excluding carboxylic acids is 1. The Morgan fingerprint density at radius 3 is 2.17 bits per heavy atom. The van der Waals surface area contributed by atoms with Gasteiger partial charge in [-0.15, -0.1) is 0 Å². The predicted octanol–water partition coefficient (Wildman–Crippen LogP) is 6.26. The third-order valence-corrected chi connectivity index (χ3v) is 4.72. The molecule has 0 amide bonds. The van der Waals surface area contributed by atoms with Crippen LogP contribution in [0, 0.1) is 0 Å². The van der Waals surface area contributed by atoms with Crippen molar-refractivity contribution in [3.8, 4) is 28.2 Å². The summed E-state index contributed by atoms with van der Waals surface area (Å²) in [6, 6.07) is 23.4. The number of benzene rings is 3. The molecule has 0 fully saturated rings. The van der Waals surface area contributed by atoms with Gasteiger partial charge in [0, 0.05) is 28.7 Å². The molecule has 1 N–H and O–H groups in total. The molecule has 0 aliphatic rings. The molecule has 0 spiro atoms. The highest BCUT2D eigenvalue weighted by molar-refractivity contribution is 6.04. The van der Waals surface area contributed by atoms with E-state index in [4.69, 9.17) is 9.15 Å². The molecule has 0 bridgehead atoms. The second-order valence-electron chi connectivity index (χ2n) is 6.73. The van der Waals surface area contributed by atoms with Gasteiger partial charge in [0.05, 0.1) is 12.7 Å². The number of carbonyl (C=O) groups is 1. The highest BCUT2D eigenvalue weighted by atomic mass is 16.5. The Kier molecular flexibility index (Phi) is 4.92. The smallest absolute Gasteiger partial charge is 0.156 e. The van der Waals surface area contributed by atoms with Gasteiger partial charge < -0.3 is 14.3 Å². The zero-order chi connectivity index (χ0) is 20.4. The van der Waals surface area contributed by atoms with Crippen LogP contribution in [-0.2, 0) is 4.79 Å². The number of hydrogen-bond acceptors (Lipinski definition) is 4. The first-order valence-electron chi connectivity index (χ1n) is 9.25. The second kappa shape index (κ2) is 7.68. The Labute approximate surface area is 168 Å². The Hall–Kier alpha value is -3.79. The SMILES string of the molecule is COc1cc2oc(-c3ccccc3)c(-c3ccccc3)c2cc1/C(O)=C/C(C)=O. The van der Waals surface area contributed by atoms with Crippen LogP contribution in [0.4, 0.5) is 0 Å². The van der Waals surface area contributed by atoms with Crippen molar-refractivity contribution in [1.29, 1.82) is 0 Å². The Morgan fingerprint density at radius 2 is 1.59 bits per heavy atom. The lowest BCUT2D eigenvalue weighted by molar-refractivity contribution is -0.112. The molecule has 4 heteroatoms. The van der Waals surface area contributed by atoms with Crippen LogP contribution in [0.1, 0.15) is 12.5 Å². The van der Waals surface area contributed by atoms with Crippen molar-refractivity contribution in [3.05, 3.63) is 84.4 Å². The third-order valence-electron chi connectivity index (χ3n) is 4.72. The number of methoxy groups -OCH3 is 1. The zero-order valence-corrected chi connectivity index (χ0v) is 16.2. The highest BCUT2D eigenvalue weighted by Crippen LogP contribution is 2.43. The van der Waals surface area contributed by atoms with Crippen molar-refractivity contribution < 1.29 is 19.1 Å². The molecule has 4 aromatic rings. The van der Waals surface area contributed by atoms with Crippen LogP contribution in [0.2, 0.25) is 0 Å². The molecule has 1 heterocycles. The fourth-order valence-electron chi connectivity index (χ4n) is 3.45. The van der Waals surface area contributed by atoms with Crippen LogP contribution >= 0.6 is 0 Å². The van der Waals surface area contributed by atoms with E-state index in [1.54, 1.807) is 12.1 Å². The molecule has 0 aliphatic heterocycles. The Bertz CT molecular complexity index is 1200. The van der Waals surface area contributed by atoms with Gasteiger partial charge in [-0.3, -0.25) is 4.79 Å². The number of aliphatic hydroxyl groups excluding tert-OH is 1. The molecule has 0 radical (unpaired) electrons. The molecule has 144 valence electrons.